The van der Waals surface area contributed by atoms with Gasteiger partial charge in [-0.25, -0.2) is 0 Å². The van der Waals surface area contributed by atoms with Crippen LogP contribution in [0.4, 0.5) is 0 Å². The van der Waals surface area contributed by atoms with E-state index in [1.165, 1.54) is 43.4 Å². The molecule has 6 fully saturated rings. The Morgan fingerprint density at radius 3 is 2.15 bits per heavy atom. The van der Waals surface area contributed by atoms with Gasteiger partial charge in [0.05, 0.1) is 5.41 Å². The molecule has 1 spiro atoms. The standard InChI is InChI=1S/C22H32N2O3/c25-18(13-24-19(26)12-22(20(24)27)4-2-1-3-5-22)23-14-21-9-15-6-16(10-21)8-17(7-15)11-21/h15-17H,1-14H2,(H,23,25). The van der Waals surface area contributed by atoms with Crippen LogP contribution < -0.4 is 5.32 Å². The maximum absolute atomic E-state index is 12.9. The summed E-state index contributed by atoms with van der Waals surface area (Å²) >= 11 is 0. The van der Waals surface area contributed by atoms with Crippen LogP contribution in [0.25, 0.3) is 0 Å². The molecule has 1 heterocycles. The Hall–Kier alpha value is -1.39. The fourth-order valence-corrected chi connectivity index (χ4v) is 7.63. The third kappa shape index (κ3) is 3.01. The van der Waals surface area contributed by atoms with Crippen LogP contribution in [0.15, 0.2) is 0 Å². The van der Waals surface area contributed by atoms with E-state index in [9.17, 15) is 14.4 Å². The van der Waals surface area contributed by atoms with Gasteiger partial charge in [0.2, 0.25) is 17.7 Å². The molecule has 0 aromatic heterocycles. The van der Waals surface area contributed by atoms with Gasteiger partial charge in [-0.1, -0.05) is 19.3 Å². The van der Waals surface area contributed by atoms with Crippen molar-refractivity contribution in [1.82, 2.24) is 10.2 Å². The molecule has 27 heavy (non-hydrogen) atoms. The summed E-state index contributed by atoms with van der Waals surface area (Å²) in [7, 11) is 0. The van der Waals surface area contributed by atoms with Crippen molar-refractivity contribution in [2.45, 2.75) is 77.0 Å². The van der Waals surface area contributed by atoms with E-state index < -0.39 is 5.41 Å². The van der Waals surface area contributed by atoms with Crippen molar-refractivity contribution in [1.29, 1.82) is 0 Å². The minimum atomic E-state index is -0.491. The lowest BCUT2D eigenvalue weighted by Crippen LogP contribution is -2.52. The number of carbonyl (C=O) groups is 3. The number of hydrogen-bond donors (Lipinski definition) is 1. The van der Waals surface area contributed by atoms with Crippen LogP contribution in [0.5, 0.6) is 0 Å². The zero-order chi connectivity index (χ0) is 18.6. The van der Waals surface area contributed by atoms with Gasteiger partial charge in [0.1, 0.15) is 6.54 Å². The van der Waals surface area contributed by atoms with Crippen molar-refractivity contribution in [3.05, 3.63) is 0 Å². The minimum absolute atomic E-state index is 0.0776. The number of likely N-dealkylation sites (tertiary alicyclic amines) is 1. The molecular weight excluding hydrogens is 340 g/mol. The number of hydrogen-bond acceptors (Lipinski definition) is 3. The fourth-order valence-electron chi connectivity index (χ4n) is 7.63. The van der Waals surface area contributed by atoms with Crippen LogP contribution in [0.3, 0.4) is 0 Å². The van der Waals surface area contributed by atoms with Gasteiger partial charge in [-0.2, -0.15) is 0 Å². The monoisotopic (exact) mass is 372 g/mol. The van der Waals surface area contributed by atoms with Gasteiger partial charge in [-0.3, -0.25) is 19.3 Å². The predicted octanol–water partition coefficient (Wildman–Crippen LogP) is 3.03. The first-order valence-corrected chi connectivity index (χ1v) is 11.1. The number of rotatable bonds is 4. The van der Waals surface area contributed by atoms with Gasteiger partial charge in [-0.05, 0) is 74.5 Å². The second-order valence-corrected chi connectivity index (χ2v) is 10.5. The molecule has 1 aliphatic heterocycles. The first kappa shape index (κ1) is 17.7. The highest BCUT2D eigenvalue weighted by molar-refractivity contribution is 6.08. The first-order valence-electron chi connectivity index (χ1n) is 11.1. The first-order chi connectivity index (χ1) is 13.0. The molecule has 5 nitrogen and oxygen atoms in total. The van der Waals surface area contributed by atoms with Crippen molar-refractivity contribution in [2.75, 3.05) is 13.1 Å². The van der Waals surface area contributed by atoms with Gasteiger partial charge in [0.25, 0.3) is 0 Å². The summed E-state index contributed by atoms with van der Waals surface area (Å²) in [5.74, 6) is 2.20. The molecule has 0 unspecified atom stereocenters. The van der Waals surface area contributed by atoms with Gasteiger partial charge < -0.3 is 5.32 Å². The summed E-state index contributed by atoms with van der Waals surface area (Å²) in [6.07, 6.45) is 13.1. The Labute approximate surface area is 161 Å². The van der Waals surface area contributed by atoms with E-state index in [2.05, 4.69) is 5.32 Å². The summed E-state index contributed by atoms with van der Waals surface area (Å²) in [5, 5.41) is 3.11. The van der Waals surface area contributed by atoms with Gasteiger partial charge in [0, 0.05) is 13.0 Å². The second-order valence-electron chi connectivity index (χ2n) is 10.5. The zero-order valence-corrected chi connectivity index (χ0v) is 16.3. The van der Waals surface area contributed by atoms with E-state index in [1.807, 2.05) is 0 Å². The van der Waals surface area contributed by atoms with Crippen LogP contribution in [-0.4, -0.2) is 35.7 Å². The molecule has 5 saturated carbocycles. The normalized spacial score (nSPS) is 39.4. The summed E-state index contributed by atoms with van der Waals surface area (Å²) in [5.41, 5.74) is -0.205. The molecule has 6 aliphatic rings. The van der Waals surface area contributed by atoms with Gasteiger partial charge in [-0.15, -0.1) is 0 Å². The molecule has 6 rings (SSSR count). The van der Waals surface area contributed by atoms with Crippen molar-refractivity contribution in [2.24, 2.45) is 28.6 Å². The van der Waals surface area contributed by atoms with Crippen molar-refractivity contribution in [3.8, 4) is 0 Å². The topological polar surface area (TPSA) is 66.5 Å². The Morgan fingerprint density at radius 2 is 1.56 bits per heavy atom. The maximum Gasteiger partial charge on any atom is 0.240 e. The van der Waals surface area contributed by atoms with Crippen LogP contribution in [0.1, 0.15) is 77.0 Å². The number of nitrogens with zero attached hydrogens (tertiary/aromatic N) is 1. The average molecular weight is 373 g/mol. The third-order valence-corrected chi connectivity index (χ3v) is 8.43. The smallest absolute Gasteiger partial charge is 0.240 e. The molecule has 0 atom stereocenters. The van der Waals surface area contributed by atoms with Crippen LogP contribution in [0, 0.1) is 28.6 Å². The lowest BCUT2D eigenvalue weighted by molar-refractivity contribution is -0.145. The molecule has 148 valence electrons. The molecule has 0 aromatic carbocycles. The quantitative estimate of drug-likeness (QED) is 0.772. The summed E-state index contributed by atoms with van der Waals surface area (Å²) < 4.78 is 0. The van der Waals surface area contributed by atoms with Crippen molar-refractivity contribution < 1.29 is 14.4 Å². The summed E-state index contributed by atoms with van der Waals surface area (Å²) in [4.78, 5) is 39.2. The molecule has 5 aliphatic carbocycles. The van der Waals surface area contributed by atoms with Crippen LogP contribution >= 0.6 is 0 Å². The number of carbonyl (C=O) groups excluding carboxylic acids is 3. The van der Waals surface area contributed by atoms with E-state index in [1.54, 1.807) is 0 Å². The second kappa shape index (κ2) is 6.31. The third-order valence-electron chi connectivity index (χ3n) is 8.43. The maximum atomic E-state index is 12.9. The van der Waals surface area contributed by atoms with Crippen LogP contribution in [-0.2, 0) is 14.4 Å². The Bertz CT molecular complexity index is 629. The number of amides is 3. The SMILES string of the molecule is O=C(CN1C(=O)CC2(CCCCC2)C1=O)NCC12CC3CC(CC(C3)C1)C2. The largest absolute Gasteiger partial charge is 0.354 e. The Balaban J connectivity index is 1.19. The molecule has 5 heteroatoms. The van der Waals surface area contributed by atoms with Gasteiger partial charge in [0.15, 0.2) is 0 Å². The molecule has 4 bridgehead atoms. The van der Waals surface area contributed by atoms with Crippen molar-refractivity contribution >= 4 is 17.7 Å². The van der Waals surface area contributed by atoms with E-state index in [0.717, 1.165) is 56.4 Å². The minimum Gasteiger partial charge on any atom is -0.354 e. The molecule has 1 saturated heterocycles. The van der Waals surface area contributed by atoms with Crippen LogP contribution in [0.2, 0.25) is 0 Å². The van der Waals surface area contributed by atoms with Gasteiger partial charge >= 0.3 is 0 Å². The molecule has 0 aromatic rings. The number of nitrogens with one attached hydrogen (secondary N) is 1. The van der Waals surface area contributed by atoms with E-state index in [-0.39, 0.29) is 29.7 Å². The number of imide groups is 1. The van der Waals surface area contributed by atoms with E-state index in [0.29, 0.717) is 6.42 Å². The molecular formula is C22H32N2O3. The highest BCUT2D eigenvalue weighted by Crippen LogP contribution is 2.59. The average Bonchev–Trinajstić information content (AvgIpc) is 2.84. The highest BCUT2D eigenvalue weighted by Gasteiger charge is 2.53. The Kier molecular flexibility index (Phi) is 4.14. The lowest BCUT2D eigenvalue weighted by atomic mass is 9.49. The molecule has 0 radical (unpaired) electrons. The zero-order valence-electron chi connectivity index (χ0n) is 16.3. The van der Waals surface area contributed by atoms with Crippen molar-refractivity contribution in [3.63, 3.8) is 0 Å². The van der Waals surface area contributed by atoms with E-state index >= 15 is 0 Å². The summed E-state index contributed by atoms with van der Waals surface area (Å²) in [6, 6.07) is 0. The Morgan fingerprint density at radius 1 is 0.963 bits per heavy atom. The highest BCUT2D eigenvalue weighted by atomic mass is 16.2. The molecule has 1 N–H and O–H groups in total. The summed E-state index contributed by atoms with van der Waals surface area (Å²) in [6.45, 7) is 0.655. The van der Waals surface area contributed by atoms with E-state index in [4.69, 9.17) is 0 Å². The fraction of sp³-hybridized carbons (Fsp3) is 0.864. The molecule has 3 amide bonds. The lowest BCUT2D eigenvalue weighted by Gasteiger charge is -2.56. The predicted molar refractivity (Wildman–Crippen MR) is 100 cm³/mol.